The predicted octanol–water partition coefficient (Wildman–Crippen LogP) is 1.48. The summed E-state index contributed by atoms with van der Waals surface area (Å²) in [6.45, 7) is 7.57. The van der Waals surface area contributed by atoms with Crippen molar-refractivity contribution in [2.45, 2.75) is 26.9 Å². The first-order valence-electron chi connectivity index (χ1n) is 5.80. The summed E-state index contributed by atoms with van der Waals surface area (Å²) in [5, 5.41) is 0. The molecule has 0 aromatic heterocycles. The molecule has 1 heterocycles. The number of hydrogen-bond acceptors (Lipinski definition) is 4. The first-order chi connectivity index (χ1) is 7.56. The van der Waals surface area contributed by atoms with Gasteiger partial charge in [-0.2, -0.15) is 0 Å². The first-order valence-corrected chi connectivity index (χ1v) is 5.80. The lowest BCUT2D eigenvalue weighted by atomic mass is 9.87. The number of carbonyl (C=O) groups is 1. The van der Waals surface area contributed by atoms with E-state index in [1.807, 2.05) is 0 Å². The summed E-state index contributed by atoms with van der Waals surface area (Å²) in [6.07, 6.45) is 0.166. The minimum Gasteiger partial charge on any atom is -0.465 e. The molecule has 0 aromatic rings. The van der Waals surface area contributed by atoms with Gasteiger partial charge in [0.15, 0.2) is 0 Å². The van der Waals surface area contributed by atoms with E-state index < -0.39 is 0 Å². The van der Waals surface area contributed by atoms with Crippen molar-refractivity contribution < 1.29 is 19.0 Å². The van der Waals surface area contributed by atoms with Crippen LogP contribution >= 0.6 is 0 Å². The maximum Gasteiger partial charge on any atom is 0.302 e. The average molecular weight is 230 g/mol. The van der Waals surface area contributed by atoms with Crippen molar-refractivity contribution in [3.05, 3.63) is 0 Å². The molecule has 1 aliphatic heterocycles. The number of methoxy groups -OCH3 is 1. The summed E-state index contributed by atoms with van der Waals surface area (Å²) in [6, 6.07) is 0. The zero-order valence-corrected chi connectivity index (χ0v) is 10.6. The second-order valence-electron chi connectivity index (χ2n) is 4.65. The molecule has 0 bridgehead atoms. The maximum atomic E-state index is 10.7. The van der Waals surface area contributed by atoms with Crippen molar-refractivity contribution in [3.63, 3.8) is 0 Å². The second kappa shape index (κ2) is 6.21. The van der Waals surface area contributed by atoms with E-state index in [-0.39, 0.29) is 18.0 Å². The lowest BCUT2D eigenvalue weighted by Gasteiger charge is -2.23. The van der Waals surface area contributed by atoms with Gasteiger partial charge in [0, 0.05) is 25.9 Å². The van der Waals surface area contributed by atoms with Gasteiger partial charge in [-0.25, -0.2) is 0 Å². The molecule has 4 nitrogen and oxygen atoms in total. The van der Waals surface area contributed by atoms with Gasteiger partial charge in [0.2, 0.25) is 0 Å². The minimum atomic E-state index is -0.231. The Kier molecular flexibility index (Phi) is 5.22. The van der Waals surface area contributed by atoms with Crippen LogP contribution in [0.5, 0.6) is 0 Å². The molecule has 1 fully saturated rings. The van der Waals surface area contributed by atoms with E-state index in [0.717, 1.165) is 13.2 Å². The average Bonchev–Trinajstić information content (AvgIpc) is 2.58. The fraction of sp³-hybridized carbons (Fsp3) is 0.917. The minimum absolute atomic E-state index is 0.166. The number of esters is 1. The van der Waals surface area contributed by atoms with E-state index in [0.29, 0.717) is 18.4 Å². The van der Waals surface area contributed by atoms with E-state index in [1.165, 1.54) is 6.92 Å². The maximum absolute atomic E-state index is 10.7. The van der Waals surface area contributed by atoms with Gasteiger partial charge >= 0.3 is 5.97 Å². The van der Waals surface area contributed by atoms with Crippen LogP contribution in [0.2, 0.25) is 0 Å². The molecule has 0 amide bonds. The fourth-order valence-electron chi connectivity index (χ4n) is 2.25. The Bertz CT molecular complexity index is 229. The highest BCUT2D eigenvalue weighted by Crippen LogP contribution is 2.31. The lowest BCUT2D eigenvalue weighted by Crippen LogP contribution is -2.29. The molecule has 1 rings (SSSR count). The highest BCUT2D eigenvalue weighted by molar-refractivity contribution is 5.65. The molecule has 0 N–H and O–H groups in total. The van der Waals surface area contributed by atoms with Crippen LogP contribution in [-0.2, 0) is 19.0 Å². The molecule has 4 heteroatoms. The summed E-state index contributed by atoms with van der Waals surface area (Å²) in [5.74, 6) is 0.909. The lowest BCUT2D eigenvalue weighted by molar-refractivity contribution is -0.143. The van der Waals surface area contributed by atoms with E-state index in [2.05, 4.69) is 13.8 Å². The van der Waals surface area contributed by atoms with Gasteiger partial charge in [-0.1, -0.05) is 13.8 Å². The molecule has 0 saturated carbocycles. The second-order valence-corrected chi connectivity index (χ2v) is 4.65. The van der Waals surface area contributed by atoms with Crippen LogP contribution in [0.15, 0.2) is 0 Å². The molecule has 2 unspecified atom stereocenters. The highest BCUT2D eigenvalue weighted by atomic mass is 16.5. The molecule has 1 aliphatic rings. The van der Waals surface area contributed by atoms with Gasteiger partial charge in [-0.3, -0.25) is 4.79 Å². The van der Waals surface area contributed by atoms with Crippen molar-refractivity contribution >= 4 is 5.97 Å². The molecule has 1 saturated heterocycles. The predicted molar refractivity (Wildman–Crippen MR) is 60.1 cm³/mol. The van der Waals surface area contributed by atoms with Crippen LogP contribution < -0.4 is 0 Å². The quantitative estimate of drug-likeness (QED) is 0.671. The van der Waals surface area contributed by atoms with Crippen LogP contribution in [0.25, 0.3) is 0 Å². The number of carbonyl (C=O) groups excluding carboxylic acids is 1. The molecule has 4 atom stereocenters. The van der Waals surface area contributed by atoms with E-state index >= 15 is 0 Å². The Hall–Kier alpha value is -0.610. The zero-order chi connectivity index (χ0) is 12.1. The van der Waals surface area contributed by atoms with Crippen molar-refractivity contribution in [2.24, 2.45) is 17.8 Å². The molecular formula is C12H22O4. The van der Waals surface area contributed by atoms with E-state index in [4.69, 9.17) is 14.2 Å². The SMILES string of the molecule is COC[C@@H]1COC(C(C)COC(C)=O)[C@H]1C. The third-order valence-corrected chi connectivity index (χ3v) is 3.26. The number of hydrogen-bond donors (Lipinski definition) is 0. The summed E-state index contributed by atoms with van der Waals surface area (Å²) in [4.78, 5) is 10.7. The molecule has 0 spiro atoms. The normalized spacial score (nSPS) is 31.4. The van der Waals surface area contributed by atoms with Crippen LogP contribution in [0, 0.1) is 17.8 Å². The van der Waals surface area contributed by atoms with Crippen LogP contribution in [0.3, 0.4) is 0 Å². The Morgan fingerprint density at radius 2 is 2.25 bits per heavy atom. The summed E-state index contributed by atoms with van der Waals surface area (Å²) < 4.78 is 15.9. The smallest absolute Gasteiger partial charge is 0.302 e. The number of ether oxygens (including phenoxy) is 3. The Labute approximate surface area is 97.2 Å². The molecular weight excluding hydrogens is 208 g/mol. The van der Waals surface area contributed by atoms with Crippen molar-refractivity contribution in [3.8, 4) is 0 Å². The van der Waals surface area contributed by atoms with E-state index in [9.17, 15) is 4.79 Å². The Balaban J connectivity index is 2.39. The van der Waals surface area contributed by atoms with Gasteiger partial charge in [0.25, 0.3) is 0 Å². The van der Waals surface area contributed by atoms with Crippen molar-refractivity contribution in [1.29, 1.82) is 0 Å². The Morgan fingerprint density at radius 3 is 2.81 bits per heavy atom. The molecule has 94 valence electrons. The number of rotatable bonds is 5. The summed E-state index contributed by atoms with van der Waals surface area (Å²) in [7, 11) is 1.71. The van der Waals surface area contributed by atoms with Gasteiger partial charge < -0.3 is 14.2 Å². The van der Waals surface area contributed by atoms with Gasteiger partial charge in [0.05, 0.1) is 25.9 Å². The molecule has 0 aliphatic carbocycles. The van der Waals surface area contributed by atoms with Gasteiger partial charge in [0.1, 0.15) is 0 Å². The zero-order valence-electron chi connectivity index (χ0n) is 10.6. The summed E-state index contributed by atoms with van der Waals surface area (Å²) >= 11 is 0. The molecule has 0 radical (unpaired) electrons. The summed E-state index contributed by atoms with van der Waals surface area (Å²) in [5.41, 5.74) is 0. The fourth-order valence-corrected chi connectivity index (χ4v) is 2.25. The highest BCUT2D eigenvalue weighted by Gasteiger charge is 2.37. The van der Waals surface area contributed by atoms with Crippen LogP contribution in [0.1, 0.15) is 20.8 Å². The van der Waals surface area contributed by atoms with Crippen LogP contribution in [0.4, 0.5) is 0 Å². The largest absolute Gasteiger partial charge is 0.465 e. The topological polar surface area (TPSA) is 44.8 Å². The Morgan fingerprint density at radius 1 is 1.56 bits per heavy atom. The van der Waals surface area contributed by atoms with Crippen molar-refractivity contribution in [2.75, 3.05) is 26.9 Å². The molecule has 16 heavy (non-hydrogen) atoms. The third-order valence-electron chi connectivity index (χ3n) is 3.26. The standard InChI is InChI=1S/C12H22O4/c1-8(5-15-10(3)13)12-9(2)11(6-14-4)7-16-12/h8-9,11-12H,5-7H2,1-4H3/t8?,9-,11+,12?/m0/s1. The van der Waals surface area contributed by atoms with Crippen LogP contribution in [-0.4, -0.2) is 39.0 Å². The third kappa shape index (κ3) is 3.46. The van der Waals surface area contributed by atoms with Gasteiger partial charge in [-0.15, -0.1) is 0 Å². The van der Waals surface area contributed by atoms with Crippen molar-refractivity contribution in [1.82, 2.24) is 0 Å². The van der Waals surface area contributed by atoms with Gasteiger partial charge in [-0.05, 0) is 5.92 Å². The van der Waals surface area contributed by atoms with E-state index in [1.54, 1.807) is 7.11 Å². The molecule has 0 aromatic carbocycles. The first kappa shape index (κ1) is 13.5. The monoisotopic (exact) mass is 230 g/mol.